The molecule has 2 saturated heterocycles. The quantitative estimate of drug-likeness (QED) is 0.792. The van der Waals surface area contributed by atoms with E-state index in [4.69, 9.17) is 4.74 Å². The Labute approximate surface area is 161 Å². The van der Waals surface area contributed by atoms with Gasteiger partial charge in [-0.25, -0.2) is 0 Å². The molecule has 1 atom stereocenters. The summed E-state index contributed by atoms with van der Waals surface area (Å²) in [6, 6.07) is 10.4. The first-order chi connectivity index (χ1) is 13.2. The van der Waals surface area contributed by atoms with Gasteiger partial charge in [0.2, 0.25) is 11.8 Å². The Kier molecular flexibility index (Phi) is 7.66. The van der Waals surface area contributed by atoms with Crippen molar-refractivity contribution in [3.63, 3.8) is 0 Å². The van der Waals surface area contributed by atoms with Crippen LogP contribution in [0.3, 0.4) is 0 Å². The van der Waals surface area contributed by atoms with Crippen molar-refractivity contribution in [2.24, 2.45) is 0 Å². The average molecular weight is 373 g/mol. The minimum absolute atomic E-state index is 0.0117. The lowest BCUT2D eigenvalue weighted by atomic mass is 10.1. The Morgan fingerprint density at radius 1 is 1.07 bits per heavy atom. The van der Waals surface area contributed by atoms with Crippen molar-refractivity contribution in [2.75, 3.05) is 39.3 Å². The van der Waals surface area contributed by atoms with E-state index in [0.717, 1.165) is 58.6 Å². The van der Waals surface area contributed by atoms with Gasteiger partial charge in [-0.15, -0.1) is 0 Å². The van der Waals surface area contributed by atoms with Crippen molar-refractivity contribution in [2.45, 2.75) is 44.8 Å². The molecular formula is C21H31N3O3. The van der Waals surface area contributed by atoms with Gasteiger partial charge in [0.15, 0.2) is 0 Å². The van der Waals surface area contributed by atoms with E-state index in [2.05, 4.69) is 34.5 Å². The fraction of sp³-hybridized carbons (Fsp3) is 0.619. The molecule has 148 valence electrons. The summed E-state index contributed by atoms with van der Waals surface area (Å²) in [5, 5.41) is 2.86. The number of carbonyl (C=O) groups excluding carboxylic acids is 2. The third kappa shape index (κ3) is 6.63. The lowest BCUT2D eigenvalue weighted by Crippen LogP contribution is -2.48. The van der Waals surface area contributed by atoms with Crippen molar-refractivity contribution in [1.82, 2.24) is 15.1 Å². The number of nitrogens with one attached hydrogen (secondary N) is 1. The van der Waals surface area contributed by atoms with Crippen LogP contribution in [-0.2, 0) is 20.9 Å². The number of benzene rings is 1. The highest BCUT2D eigenvalue weighted by Gasteiger charge is 2.21. The van der Waals surface area contributed by atoms with Gasteiger partial charge in [-0.05, 0) is 24.8 Å². The van der Waals surface area contributed by atoms with Gasteiger partial charge < -0.3 is 15.0 Å². The number of ether oxygens (including phenoxy) is 1. The molecule has 1 N–H and O–H groups in total. The molecule has 6 heteroatoms. The Morgan fingerprint density at radius 2 is 1.85 bits per heavy atom. The molecule has 27 heavy (non-hydrogen) atoms. The molecule has 2 fully saturated rings. The second-order valence-electron chi connectivity index (χ2n) is 7.44. The molecule has 2 heterocycles. The molecule has 0 spiro atoms. The zero-order chi connectivity index (χ0) is 18.9. The zero-order valence-corrected chi connectivity index (χ0v) is 16.1. The standard InChI is InChI=1S/C21H31N3O3/c25-20(16-19-8-4-5-15-27-19)22-10-9-21(26)24-13-11-23(12-14-24)17-18-6-2-1-3-7-18/h1-3,6-7,19H,4-5,8-17H2,(H,22,25). The van der Waals surface area contributed by atoms with Gasteiger partial charge in [0.1, 0.15) is 0 Å². The van der Waals surface area contributed by atoms with Crippen LogP contribution in [0.5, 0.6) is 0 Å². The van der Waals surface area contributed by atoms with Crippen molar-refractivity contribution in [3.8, 4) is 0 Å². The van der Waals surface area contributed by atoms with E-state index >= 15 is 0 Å². The highest BCUT2D eigenvalue weighted by Crippen LogP contribution is 2.15. The normalized spacial score (nSPS) is 21.0. The van der Waals surface area contributed by atoms with Crippen LogP contribution in [0.25, 0.3) is 0 Å². The van der Waals surface area contributed by atoms with E-state index in [9.17, 15) is 9.59 Å². The minimum atomic E-state index is -0.0117. The summed E-state index contributed by atoms with van der Waals surface area (Å²) < 4.78 is 5.58. The summed E-state index contributed by atoms with van der Waals surface area (Å²) >= 11 is 0. The second kappa shape index (κ2) is 10.4. The third-order valence-electron chi connectivity index (χ3n) is 5.32. The number of carbonyl (C=O) groups is 2. The fourth-order valence-electron chi connectivity index (χ4n) is 3.71. The predicted molar refractivity (Wildman–Crippen MR) is 104 cm³/mol. The zero-order valence-electron chi connectivity index (χ0n) is 16.1. The first-order valence-electron chi connectivity index (χ1n) is 10.1. The van der Waals surface area contributed by atoms with E-state index < -0.39 is 0 Å². The van der Waals surface area contributed by atoms with Gasteiger partial charge in [0.25, 0.3) is 0 Å². The van der Waals surface area contributed by atoms with Crippen LogP contribution >= 0.6 is 0 Å². The molecule has 2 aliphatic rings. The number of amides is 2. The first kappa shape index (κ1) is 19.8. The topological polar surface area (TPSA) is 61.9 Å². The van der Waals surface area contributed by atoms with Crippen molar-refractivity contribution in [3.05, 3.63) is 35.9 Å². The van der Waals surface area contributed by atoms with E-state index in [1.807, 2.05) is 11.0 Å². The van der Waals surface area contributed by atoms with Crippen LogP contribution in [0, 0.1) is 0 Å². The van der Waals surface area contributed by atoms with Crippen molar-refractivity contribution in [1.29, 1.82) is 0 Å². The van der Waals surface area contributed by atoms with E-state index in [0.29, 0.717) is 19.4 Å². The van der Waals surface area contributed by atoms with E-state index in [1.54, 1.807) is 0 Å². The molecule has 0 aliphatic carbocycles. The molecular weight excluding hydrogens is 342 g/mol. The molecule has 2 amide bonds. The Morgan fingerprint density at radius 3 is 2.56 bits per heavy atom. The van der Waals surface area contributed by atoms with Crippen LogP contribution in [0.2, 0.25) is 0 Å². The predicted octanol–water partition coefficient (Wildman–Crippen LogP) is 1.80. The van der Waals surface area contributed by atoms with Crippen LogP contribution in [0.1, 0.15) is 37.7 Å². The maximum absolute atomic E-state index is 12.4. The van der Waals surface area contributed by atoms with Crippen molar-refractivity contribution < 1.29 is 14.3 Å². The van der Waals surface area contributed by atoms with Gasteiger partial charge >= 0.3 is 0 Å². The molecule has 6 nitrogen and oxygen atoms in total. The fourth-order valence-corrected chi connectivity index (χ4v) is 3.71. The Hall–Kier alpha value is -1.92. The molecule has 0 aromatic heterocycles. The Balaban J connectivity index is 1.29. The minimum Gasteiger partial charge on any atom is -0.378 e. The summed E-state index contributed by atoms with van der Waals surface area (Å²) in [6.45, 7) is 5.41. The summed E-state index contributed by atoms with van der Waals surface area (Å²) in [7, 11) is 0. The maximum atomic E-state index is 12.4. The number of rotatable bonds is 7. The first-order valence-corrected chi connectivity index (χ1v) is 10.1. The lowest BCUT2D eigenvalue weighted by molar-refractivity contribution is -0.133. The summed E-state index contributed by atoms with van der Waals surface area (Å²) in [4.78, 5) is 28.6. The second-order valence-corrected chi connectivity index (χ2v) is 7.44. The number of piperazine rings is 1. The van der Waals surface area contributed by atoms with Crippen LogP contribution in [0.15, 0.2) is 30.3 Å². The smallest absolute Gasteiger partial charge is 0.224 e. The summed E-state index contributed by atoms with van der Waals surface area (Å²) in [6.07, 6.45) is 4.01. The maximum Gasteiger partial charge on any atom is 0.224 e. The molecule has 1 aromatic rings. The summed E-state index contributed by atoms with van der Waals surface area (Å²) in [5.74, 6) is 0.117. The van der Waals surface area contributed by atoms with E-state index in [-0.39, 0.29) is 17.9 Å². The van der Waals surface area contributed by atoms with Gasteiger partial charge in [0.05, 0.1) is 12.5 Å². The molecule has 2 aliphatic heterocycles. The Bertz CT molecular complexity index is 594. The van der Waals surface area contributed by atoms with Crippen LogP contribution in [0.4, 0.5) is 0 Å². The van der Waals surface area contributed by atoms with Gasteiger partial charge in [-0.1, -0.05) is 30.3 Å². The van der Waals surface area contributed by atoms with E-state index in [1.165, 1.54) is 5.56 Å². The number of hydrogen-bond donors (Lipinski definition) is 1. The molecule has 0 saturated carbocycles. The number of hydrogen-bond acceptors (Lipinski definition) is 4. The molecule has 3 rings (SSSR count). The molecule has 1 unspecified atom stereocenters. The van der Waals surface area contributed by atoms with Crippen LogP contribution < -0.4 is 5.32 Å². The molecule has 1 aromatic carbocycles. The average Bonchev–Trinajstić information content (AvgIpc) is 2.70. The van der Waals surface area contributed by atoms with Gasteiger partial charge in [-0.3, -0.25) is 14.5 Å². The highest BCUT2D eigenvalue weighted by atomic mass is 16.5. The monoisotopic (exact) mass is 373 g/mol. The van der Waals surface area contributed by atoms with Gasteiger partial charge in [0, 0.05) is 52.3 Å². The highest BCUT2D eigenvalue weighted by molar-refractivity contribution is 5.79. The van der Waals surface area contributed by atoms with Crippen LogP contribution in [-0.4, -0.2) is 67.0 Å². The van der Waals surface area contributed by atoms with Crippen molar-refractivity contribution >= 4 is 11.8 Å². The third-order valence-corrected chi connectivity index (χ3v) is 5.32. The molecule has 0 radical (unpaired) electrons. The summed E-state index contributed by atoms with van der Waals surface area (Å²) in [5.41, 5.74) is 1.31. The lowest BCUT2D eigenvalue weighted by Gasteiger charge is -2.34. The van der Waals surface area contributed by atoms with Gasteiger partial charge in [-0.2, -0.15) is 0 Å². The SMILES string of the molecule is O=C(CC1CCCCO1)NCCC(=O)N1CCN(Cc2ccccc2)CC1. The largest absolute Gasteiger partial charge is 0.378 e. The number of nitrogens with zero attached hydrogens (tertiary/aromatic N) is 2. The molecule has 0 bridgehead atoms.